The van der Waals surface area contributed by atoms with Crippen molar-refractivity contribution in [3.05, 3.63) is 65.2 Å². The maximum atomic E-state index is 12.4. The number of rotatable bonds is 3. The number of hydrogen-bond donors (Lipinski definition) is 2. The van der Waals surface area contributed by atoms with Gasteiger partial charge in [-0.05, 0) is 29.8 Å². The minimum Gasteiger partial charge on any atom is -0.454 e. The monoisotopic (exact) mass is 322 g/mol. The largest absolute Gasteiger partial charge is 0.454 e. The first-order chi connectivity index (χ1) is 11.7. The summed E-state index contributed by atoms with van der Waals surface area (Å²) < 4.78 is 16.0. The Hall–Kier alpha value is -3.28. The average molecular weight is 322 g/mol. The highest BCUT2D eigenvalue weighted by Crippen LogP contribution is 2.32. The first-order valence-electron chi connectivity index (χ1n) is 7.45. The Kier molecular flexibility index (Phi) is 3.42. The average Bonchev–Trinajstić information content (AvgIpc) is 3.06. The first kappa shape index (κ1) is 14.3. The standard InChI is InChI=1S/C18H14N2O4/c19-17-13(8-12-3-1-2-4-14(12)24-17)18(21)20-9-11-5-6-15-16(7-11)23-10-22-15/h1-8,19H,9-10H2,(H,20,21). The Bertz CT molecular complexity index is 994. The zero-order chi connectivity index (χ0) is 16.5. The normalized spacial score (nSPS) is 12.3. The van der Waals surface area contributed by atoms with E-state index >= 15 is 0 Å². The molecule has 0 spiro atoms. The summed E-state index contributed by atoms with van der Waals surface area (Å²) in [5.74, 6) is 1.02. The van der Waals surface area contributed by atoms with Gasteiger partial charge in [-0.3, -0.25) is 10.2 Å². The van der Waals surface area contributed by atoms with E-state index in [1.165, 1.54) is 0 Å². The number of carbonyl (C=O) groups is 1. The van der Waals surface area contributed by atoms with Crippen LogP contribution in [-0.4, -0.2) is 12.7 Å². The van der Waals surface area contributed by atoms with Gasteiger partial charge in [-0.15, -0.1) is 0 Å². The van der Waals surface area contributed by atoms with Gasteiger partial charge in [0.05, 0.1) is 0 Å². The van der Waals surface area contributed by atoms with Crippen LogP contribution in [0.2, 0.25) is 0 Å². The summed E-state index contributed by atoms with van der Waals surface area (Å²) in [6, 6.07) is 14.4. The lowest BCUT2D eigenvalue weighted by atomic mass is 10.1. The van der Waals surface area contributed by atoms with E-state index < -0.39 is 0 Å². The van der Waals surface area contributed by atoms with Crippen molar-refractivity contribution in [2.75, 3.05) is 6.79 Å². The molecule has 1 amide bonds. The molecule has 120 valence electrons. The van der Waals surface area contributed by atoms with Gasteiger partial charge in [-0.2, -0.15) is 0 Å². The topological polar surface area (TPSA) is 84.6 Å². The third kappa shape index (κ3) is 2.58. The van der Waals surface area contributed by atoms with Crippen LogP contribution in [-0.2, 0) is 6.54 Å². The fraction of sp³-hybridized carbons (Fsp3) is 0.111. The first-order valence-corrected chi connectivity index (χ1v) is 7.45. The van der Waals surface area contributed by atoms with Crippen molar-refractivity contribution >= 4 is 16.9 Å². The Morgan fingerprint density at radius 1 is 1.08 bits per heavy atom. The van der Waals surface area contributed by atoms with E-state index in [4.69, 9.17) is 19.3 Å². The molecule has 6 heteroatoms. The number of hydrogen-bond acceptors (Lipinski definition) is 5. The molecule has 0 bridgehead atoms. The van der Waals surface area contributed by atoms with Crippen LogP contribution < -0.4 is 20.3 Å². The van der Waals surface area contributed by atoms with Crippen molar-refractivity contribution in [1.82, 2.24) is 5.32 Å². The van der Waals surface area contributed by atoms with Crippen LogP contribution in [0.5, 0.6) is 11.5 Å². The maximum absolute atomic E-state index is 12.4. The molecule has 2 heterocycles. The summed E-state index contributed by atoms with van der Waals surface area (Å²) in [5, 5.41) is 11.5. The minimum atomic E-state index is -0.354. The quantitative estimate of drug-likeness (QED) is 0.776. The molecule has 2 N–H and O–H groups in total. The van der Waals surface area contributed by atoms with Crippen LogP contribution in [0.25, 0.3) is 11.0 Å². The molecular weight excluding hydrogens is 308 g/mol. The maximum Gasteiger partial charge on any atom is 0.257 e. The lowest BCUT2D eigenvalue weighted by Gasteiger charge is -2.07. The highest BCUT2D eigenvalue weighted by molar-refractivity contribution is 5.96. The molecule has 3 aromatic rings. The molecule has 0 saturated heterocycles. The highest BCUT2D eigenvalue weighted by Gasteiger charge is 2.15. The van der Waals surface area contributed by atoms with E-state index in [0.717, 1.165) is 10.9 Å². The van der Waals surface area contributed by atoms with Crippen LogP contribution in [0.15, 0.2) is 52.9 Å². The van der Waals surface area contributed by atoms with Gasteiger partial charge in [0.25, 0.3) is 5.91 Å². The van der Waals surface area contributed by atoms with Crippen molar-refractivity contribution in [1.29, 1.82) is 5.41 Å². The van der Waals surface area contributed by atoms with Crippen molar-refractivity contribution in [2.45, 2.75) is 6.54 Å². The minimum absolute atomic E-state index is 0.156. The van der Waals surface area contributed by atoms with Gasteiger partial charge in [-0.1, -0.05) is 24.3 Å². The predicted octanol–water partition coefficient (Wildman–Crippen LogP) is 2.57. The summed E-state index contributed by atoms with van der Waals surface area (Å²) in [7, 11) is 0. The zero-order valence-electron chi connectivity index (χ0n) is 12.7. The van der Waals surface area contributed by atoms with Crippen LogP contribution in [0, 0.1) is 5.41 Å². The van der Waals surface area contributed by atoms with Crippen LogP contribution >= 0.6 is 0 Å². The molecule has 0 atom stereocenters. The van der Waals surface area contributed by atoms with Gasteiger partial charge < -0.3 is 19.2 Å². The molecule has 4 rings (SSSR count). The third-order valence-corrected chi connectivity index (χ3v) is 3.81. The molecule has 1 aromatic heterocycles. The molecule has 0 fully saturated rings. The number of para-hydroxylation sites is 1. The number of ether oxygens (including phenoxy) is 2. The molecule has 0 unspecified atom stereocenters. The Labute approximate surface area is 137 Å². The Morgan fingerprint density at radius 2 is 1.92 bits per heavy atom. The summed E-state index contributed by atoms with van der Waals surface area (Å²) in [4.78, 5) is 12.4. The Morgan fingerprint density at radius 3 is 2.83 bits per heavy atom. The summed E-state index contributed by atoms with van der Waals surface area (Å²) in [6.07, 6.45) is 0. The second-order valence-electron chi connectivity index (χ2n) is 5.40. The molecule has 1 aliphatic rings. The van der Waals surface area contributed by atoms with Crippen LogP contribution in [0.3, 0.4) is 0 Å². The van der Waals surface area contributed by atoms with E-state index in [1.54, 1.807) is 12.1 Å². The van der Waals surface area contributed by atoms with Crippen LogP contribution in [0.4, 0.5) is 0 Å². The number of benzene rings is 2. The van der Waals surface area contributed by atoms with Gasteiger partial charge in [0.2, 0.25) is 12.3 Å². The molecule has 0 radical (unpaired) electrons. The zero-order valence-corrected chi connectivity index (χ0v) is 12.7. The van der Waals surface area contributed by atoms with E-state index in [9.17, 15) is 4.79 Å². The third-order valence-electron chi connectivity index (χ3n) is 3.81. The van der Waals surface area contributed by atoms with Crippen molar-refractivity contribution < 1.29 is 18.7 Å². The fourth-order valence-corrected chi connectivity index (χ4v) is 2.58. The Balaban J connectivity index is 1.54. The van der Waals surface area contributed by atoms with Crippen molar-refractivity contribution in [2.24, 2.45) is 0 Å². The second-order valence-corrected chi connectivity index (χ2v) is 5.40. The molecule has 24 heavy (non-hydrogen) atoms. The summed E-state index contributed by atoms with van der Waals surface area (Å²) in [5.41, 5.74) is 1.51. The SMILES string of the molecule is N=c1oc2ccccc2cc1C(=O)NCc1ccc2c(c1)OCO2. The smallest absolute Gasteiger partial charge is 0.257 e. The molecule has 6 nitrogen and oxygen atoms in total. The number of carbonyl (C=O) groups excluding carboxylic acids is 1. The van der Waals surface area contributed by atoms with Gasteiger partial charge in [-0.25, -0.2) is 0 Å². The molecule has 1 aliphatic heterocycles. The van der Waals surface area contributed by atoms with Gasteiger partial charge >= 0.3 is 0 Å². The van der Waals surface area contributed by atoms with Gasteiger partial charge in [0, 0.05) is 11.9 Å². The predicted molar refractivity (Wildman–Crippen MR) is 85.8 cm³/mol. The lowest BCUT2D eigenvalue weighted by molar-refractivity contribution is 0.0946. The van der Waals surface area contributed by atoms with E-state index in [0.29, 0.717) is 23.6 Å². The number of fused-ring (bicyclic) bond motifs is 2. The number of amides is 1. The van der Waals surface area contributed by atoms with Gasteiger partial charge in [0.1, 0.15) is 11.1 Å². The molecule has 0 saturated carbocycles. The summed E-state index contributed by atoms with van der Waals surface area (Å²) >= 11 is 0. The lowest BCUT2D eigenvalue weighted by Crippen LogP contribution is -2.27. The van der Waals surface area contributed by atoms with Crippen LogP contribution in [0.1, 0.15) is 15.9 Å². The fourth-order valence-electron chi connectivity index (χ4n) is 2.58. The summed E-state index contributed by atoms with van der Waals surface area (Å²) in [6.45, 7) is 0.535. The van der Waals surface area contributed by atoms with Gasteiger partial charge in [0.15, 0.2) is 11.5 Å². The highest BCUT2D eigenvalue weighted by atomic mass is 16.7. The second kappa shape index (κ2) is 5.73. The molecule has 0 aliphatic carbocycles. The number of nitrogens with one attached hydrogen (secondary N) is 2. The van der Waals surface area contributed by atoms with E-state index in [-0.39, 0.29) is 23.8 Å². The van der Waals surface area contributed by atoms with E-state index in [2.05, 4.69) is 5.32 Å². The van der Waals surface area contributed by atoms with E-state index in [1.807, 2.05) is 36.4 Å². The van der Waals surface area contributed by atoms with Crippen molar-refractivity contribution in [3.8, 4) is 11.5 Å². The van der Waals surface area contributed by atoms with Crippen molar-refractivity contribution in [3.63, 3.8) is 0 Å². The molecule has 2 aromatic carbocycles. The molecular formula is C18H14N2O4.